The van der Waals surface area contributed by atoms with Crippen LogP contribution in [0.1, 0.15) is 19.4 Å². The maximum absolute atomic E-state index is 9.79. The average Bonchev–Trinajstić information content (AvgIpc) is 2.44. The van der Waals surface area contributed by atoms with Crippen molar-refractivity contribution in [1.29, 1.82) is 0 Å². The molecule has 0 aliphatic heterocycles. The van der Waals surface area contributed by atoms with Crippen LogP contribution in [-0.2, 0) is 15.9 Å². The first-order valence-electron chi connectivity index (χ1n) is 7.27. The standard InChI is InChI=1S/C16H27NO4/c1-12(17)8-14-4-6-16(7-5-14)21-11-15(18)10-20-13(2)9-19-3/h4-7,12-13,15,18H,8-11,17H2,1-3H3. The molecular weight excluding hydrogens is 270 g/mol. The molecule has 1 aromatic rings. The molecule has 1 rings (SSSR count). The molecule has 5 nitrogen and oxygen atoms in total. The summed E-state index contributed by atoms with van der Waals surface area (Å²) < 4.78 is 15.9. The van der Waals surface area contributed by atoms with Crippen molar-refractivity contribution >= 4 is 0 Å². The van der Waals surface area contributed by atoms with Gasteiger partial charge in [0.05, 0.1) is 19.3 Å². The van der Waals surface area contributed by atoms with Gasteiger partial charge in [-0.05, 0) is 38.0 Å². The minimum atomic E-state index is -0.659. The van der Waals surface area contributed by atoms with Crippen LogP contribution in [0.25, 0.3) is 0 Å². The first-order valence-corrected chi connectivity index (χ1v) is 7.27. The predicted octanol–water partition coefficient (Wildman–Crippen LogP) is 1.37. The zero-order valence-corrected chi connectivity index (χ0v) is 13.1. The van der Waals surface area contributed by atoms with Crippen molar-refractivity contribution in [2.45, 2.75) is 38.5 Å². The third-order valence-corrected chi connectivity index (χ3v) is 2.90. The molecule has 0 radical (unpaired) electrons. The Morgan fingerprint density at radius 3 is 2.33 bits per heavy atom. The summed E-state index contributed by atoms with van der Waals surface area (Å²) in [7, 11) is 1.62. The Kier molecular flexibility index (Phi) is 8.30. The Morgan fingerprint density at radius 2 is 1.76 bits per heavy atom. The lowest BCUT2D eigenvalue weighted by Gasteiger charge is -2.16. The fraction of sp³-hybridized carbons (Fsp3) is 0.625. The topological polar surface area (TPSA) is 73.9 Å². The maximum Gasteiger partial charge on any atom is 0.119 e. The molecule has 1 aromatic carbocycles. The molecule has 3 atom stereocenters. The summed E-state index contributed by atoms with van der Waals surface area (Å²) in [5, 5.41) is 9.79. The van der Waals surface area contributed by atoms with Crippen molar-refractivity contribution < 1.29 is 19.3 Å². The third kappa shape index (κ3) is 8.02. The summed E-state index contributed by atoms with van der Waals surface area (Å²) in [4.78, 5) is 0. The highest BCUT2D eigenvalue weighted by Crippen LogP contribution is 2.13. The number of nitrogens with two attached hydrogens (primary N) is 1. The molecule has 0 aliphatic carbocycles. The predicted molar refractivity (Wildman–Crippen MR) is 82.6 cm³/mol. The molecule has 0 amide bonds. The van der Waals surface area contributed by atoms with Crippen molar-refractivity contribution in [3.05, 3.63) is 29.8 Å². The average molecular weight is 297 g/mol. The molecule has 120 valence electrons. The molecule has 5 heteroatoms. The third-order valence-electron chi connectivity index (χ3n) is 2.90. The van der Waals surface area contributed by atoms with Gasteiger partial charge >= 0.3 is 0 Å². The largest absolute Gasteiger partial charge is 0.491 e. The van der Waals surface area contributed by atoms with Gasteiger partial charge in [-0.25, -0.2) is 0 Å². The second-order valence-electron chi connectivity index (χ2n) is 5.39. The van der Waals surface area contributed by atoms with Gasteiger partial charge < -0.3 is 25.1 Å². The molecule has 0 fully saturated rings. The van der Waals surface area contributed by atoms with E-state index in [-0.39, 0.29) is 25.4 Å². The number of aliphatic hydroxyl groups excluding tert-OH is 1. The second kappa shape index (κ2) is 9.73. The number of ether oxygens (including phenoxy) is 3. The van der Waals surface area contributed by atoms with Crippen molar-refractivity contribution in [2.75, 3.05) is 26.9 Å². The van der Waals surface area contributed by atoms with E-state index in [0.717, 1.165) is 12.2 Å². The summed E-state index contributed by atoms with van der Waals surface area (Å²) >= 11 is 0. The molecule has 0 saturated carbocycles. The van der Waals surface area contributed by atoms with Crippen molar-refractivity contribution in [3.8, 4) is 5.75 Å². The zero-order valence-electron chi connectivity index (χ0n) is 13.1. The van der Waals surface area contributed by atoms with Gasteiger partial charge in [-0.15, -0.1) is 0 Å². The van der Waals surface area contributed by atoms with E-state index < -0.39 is 6.10 Å². The Bertz CT molecular complexity index is 380. The van der Waals surface area contributed by atoms with Crippen LogP contribution in [0.4, 0.5) is 0 Å². The number of rotatable bonds is 10. The van der Waals surface area contributed by atoms with E-state index in [1.165, 1.54) is 5.56 Å². The van der Waals surface area contributed by atoms with Gasteiger partial charge in [-0.1, -0.05) is 12.1 Å². The monoisotopic (exact) mass is 297 g/mol. The number of benzene rings is 1. The Labute approximate surface area is 127 Å². The number of hydrogen-bond donors (Lipinski definition) is 2. The van der Waals surface area contributed by atoms with E-state index in [0.29, 0.717) is 6.61 Å². The number of methoxy groups -OCH3 is 1. The van der Waals surface area contributed by atoms with Crippen molar-refractivity contribution in [1.82, 2.24) is 0 Å². The summed E-state index contributed by atoms with van der Waals surface area (Å²) in [6, 6.07) is 7.90. The van der Waals surface area contributed by atoms with Gasteiger partial charge in [0.25, 0.3) is 0 Å². The lowest BCUT2D eigenvalue weighted by Crippen LogP contribution is -2.27. The SMILES string of the molecule is COCC(C)OCC(O)COc1ccc(CC(C)N)cc1. The minimum absolute atomic E-state index is 0.0396. The fourth-order valence-corrected chi connectivity index (χ4v) is 1.89. The second-order valence-corrected chi connectivity index (χ2v) is 5.39. The van der Waals surface area contributed by atoms with Gasteiger partial charge in [0, 0.05) is 13.2 Å². The number of aliphatic hydroxyl groups is 1. The van der Waals surface area contributed by atoms with Gasteiger partial charge in [-0.2, -0.15) is 0 Å². The van der Waals surface area contributed by atoms with Crippen LogP contribution in [0.5, 0.6) is 5.75 Å². The quantitative estimate of drug-likeness (QED) is 0.682. The summed E-state index contributed by atoms with van der Waals surface area (Å²) in [5.41, 5.74) is 6.93. The van der Waals surface area contributed by atoms with E-state index in [9.17, 15) is 5.11 Å². The molecular formula is C16H27NO4. The first-order chi connectivity index (χ1) is 10.0. The molecule has 0 aliphatic rings. The van der Waals surface area contributed by atoms with Crippen LogP contribution in [-0.4, -0.2) is 50.3 Å². The van der Waals surface area contributed by atoms with E-state index in [1.54, 1.807) is 7.11 Å². The van der Waals surface area contributed by atoms with E-state index >= 15 is 0 Å². The lowest BCUT2D eigenvalue weighted by atomic mass is 10.1. The zero-order chi connectivity index (χ0) is 15.7. The molecule has 21 heavy (non-hydrogen) atoms. The maximum atomic E-state index is 9.79. The molecule has 3 unspecified atom stereocenters. The van der Waals surface area contributed by atoms with Gasteiger partial charge in [0.15, 0.2) is 0 Å². The smallest absolute Gasteiger partial charge is 0.119 e. The number of hydrogen-bond acceptors (Lipinski definition) is 5. The molecule has 0 saturated heterocycles. The highest BCUT2D eigenvalue weighted by atomic mass is 16.5. The Hall–Kier alpha value is -1.14. The van der Waals surface area contributed by atoms with E-state index in [4.69, 9.17) is 19.9 Å². The van der Waals surface area contributed by atoms with Gasteiger partial charge in [0.1, 0.15) is 18.5 Å². The van der Waals surface area contributed by atoms with Crippen LogP contribution >= 0.6 is 0 Å². The molecule has 0 heterocycles. The van der Waals surface area contributed by atoms with Crippen LogP contribution in [0, 0.1) is 0 Å². The lowest BCUT2D eigenvalue weighted by molar-refractivity contribution is -0.0423. The normalized spacial score (nSPS) is 15.5. The van der Waals surface area contributed by atoms with Crippen LogP contribution in [0.2, 0.25) is 0 Å². The van der Waals surface area contributed by atoms with Crippen LogP contribution in [0.15, 0.2) is 24.3 Å². The van der Waals surface area contributed by atoms with Crippen LogP contribution in [0.3, 0.4) is 0 Å². The summed E-state index contributed by atoms with van der Waals surface area (Å²) in [5.74, 6) is 0.729. The van der Waals surface area contributed by atoms with Crippen molar-refractivity contribution in [2.24, 2.45) is 5.73 Å². The molecule has 0 spiro atoms. The Balaban J connectivity index is 2.27. The molecule has 3 N–H and O–H groups in total. The van der Waals surface area contributed by atoms with E-state index in [2.05, 4.69) is 0 Å². The van der Waals surface area contributed by atoms with Crippen LogP contribution < -0.4 is 10.5 Å². The van der Waals surface area contributed by atoms with Gasteiger partial charge in [0.2, 0.25) is 0 Å². The Morgan fingerprint density at radius 1 is 1.10 bits per heavy atom. The highest BCUT2D eigenvalue weighted by molar-refractivity contribution is 5.27. The summed E-state index contributed by atoms with van der Waals surface area (Å²) in [6.07, 6.45) is 0.143. The highest BCUT2D eigenvalue weighted by Gasteiger charge is 2.09. The van der Waals surface area contributed by atoms with E-state index in [1.807, 2.05) is 38.1 Å². The molecule has 0 aromatic heterocycles. The molecule has 0 bridgehead atoms. The summed E-state index contributed by atoms with van der Waals surface area (Å²) in [6.45, 7) is 4.81. The first kappa shape index (κ1) is 17.9. The minimum Gasteiger partial charge on any atom is -0.491 e. The fourth-order valence-electron chi connectivity index (χ4n) is 1.89. The van der Waals surface area contributed by atoms with Gasteiger partial charge in [-0.3, -0.25) is 0 Å². The van der Waals surface area contributed by atoms with Crippen molar-refractivity contribution in [3.63, 3.8) is 0 Å².